The molecule has 14 atom stereocenters. The van der Waals surface area contributed by atoms with Crippen LogP contribution in [-0.4, -0.2) is 106 Å². The van der Waals surface area contributed by atoms with Crippen molar-refractivity contribution in [2.24, 2.45) is 29.1 Å². The average molecular weight is 510 g/mol. The van der Waals surface area contributed by atoms with E-state index >= 15 is 0 Å². The SMILES string of the molecule is C[C@H]1CC[C@@H]2N(C1)C[C@@H]1[C@](O)([C@@H](O)C[C@@]3(O)[C@@H]4CC[C@@H]5C6(O)O[C@]4(C[C@@]13O)[C@@]5(C)CC[C@H]6O)[C@]2(C)O. The van der Waals surface area contributed by atoms with Crippen LogP contribution in [0.2, 0.25) is 0 Å². The molecule has 0 aromatic heterocycles. The molecule has 36 heavy (non-hydrogen) atoms. The van der Waals surface area contributed by atoms with Crippen LogP contribution in [-0.2, 0) is 4.74 Å². The molecular formula is C27H43NO8. The fraction of sp³-hybridized carbons (Fsp3) is 1.00. The van der Waals surface area contributed by atoms with Gasteiger partial charge in [-0.2, -0.15) is 0 Å². The van der Waals surface area contributed by atoms with Crippen LogP contribution in [0.4, 0.5) is 0 Å². The highest BCUT2D eigenvalue weighted by molar-refractivity contribution is 5.37. The molecule has 7 rings (SSSR count). The molecule has 9 nitrogen and oxygen atoms in total. The van der Waals surface area contributed by atoms with E-state index in [1.54, 1.807) is 6.92 Å². The summed E-state index contributed by atoms with van der Waals surface area (Å²) >= 11 is 0. The zero-order valence-electron chi connectivity index (χ0n) is 21.6. The lowest BCUT2D eigenvalue weighted by molar-refractivity contribution is -0.354. The summed E-state index contributed by atoms with van der Waals surface area (Å²) in [6, 6.07) is -0.360. The van der Waals surface area contributed by atoms with Crippen molar-refractivity contribution < 1.29 is 40.5 Å². The molecule has 3 saturated heterocycles. The van der Waals surface area contributed by atoms with Crippen molar-refractivity contribution >= 4 is 0 Å². The quantitative estimate of drug-likeness (QED) is 0.228. The van der Waals surface area contributed by atoms with Crippen LogP contribution in [0.5, 0.6) is 0 Å². The number of hydrogen-bond acceptors (Lipinski definition) is 9. The number of aliphatic hydroxyl groups excluding tert-OH is 2. The van der Waals surface area contributed by atoms with Crippen LogP contribution < -0.4 is 0 Å². The maximum atomic E-state index is 12.7. The number of hydrogen-bond donors (Lipinski definition) is 7. The second-order valence-corrected chi connectivity index (χ2v) is 14.3. The molecule has 4 aliphatic carbocycles. The smallest absolute Gasteiger partial charge is 0.196 e. The van der Waals surface area contributed by atoms with Gasteiger partial charge in [-0.15, -0.1) is 0 Å². The van der Waals surface area contributed by atoms with Crippen molar-refractivity contribution in [3.05, 3.63) is 0 Å². The predicted molar refractivity (Wildman–Crippen MR) is 126 cm³/mol. The van der Waals surface area contributed by atoms with Gasteiger partial charge in [0.1, 0.15) is 28.5 Å². The summed E-state index contributed by atoms with van der Waals surface area (Å²) in [6.45, 7) is 6.70. The molecular weight excluding hydrogens is 466 g/mol. The van der Waals surface area contributed by atoms with Gasteiger partial charge in [0.05, 0.1) is 11.7 Å². The van der Waals surface area contributed by atoms with Gasteiger partial charge in [-0.05, 0) is 51.4 Å². The Labute approximate surface area is 212 Å². The number of piperidine rings is 2. The molecule has 4 saturated carbocycles. The molecule has 0 radical (unpaired) electrons. The Kier molecular flexibility index (Phi) is 4.57. The van der Waals surface area contributed by atoms with E-state index in [2.05, 4.69) is 11.8 Å². The minimum Gasteiger partial charge on any atom is -0.390 e. The molecule has 0 amide bonds. The molecule has 204 valence electrons. The van der Waals surface area contributed by atoms with E-state index in [0.29, 0.717) is 44.6 Å². The van der Waals surface area contributed by atoms with Crippen LogP contribution >= 0.6 is 0 Å². The summed E-state index contributed by atoms with van der Waals surface area (Å²) in [6.07, 6.45) is 0.752. The van der Waals surface area contributed by atoms with E-state index in [1.807, 2.05) is 6.92 Å². The van der Waals surface area contributed by atoms with Gasteiger partial charge in [-0.3, -0.25) is 4.90 Å². The van der Waals surface area contributed by atoms with Gasteiger partial charge in [-0.1, -0.05) is 13.8 Å². The molecule has 1 unspecified atom stereocenters. The fourth-order valence-corrected chi connectivity index (χ4v) is 11.3. The van der Waals surface area contributed by atoms with Crippen LogP contribution in [0.15, 0.2) is 0 Å². The molecule has 0 aromatic rings. The van der Waals surface area contributed by atoms with E-state index in [0.717, 1.165) is 6.42 Å². The molecule has 3 aliphatic heterocycles. The Bertz CT molecular complexity index is 995. The average Bonchev–Trinajstić information content (AvgIpc) is 2.97. The van der Waals surface area contributed by atoms with Crippen LogP contribution in [0, 0.1) is 29.1 Å². The third-order valence-corrected chi connectivity index (χ3v) is 13.1. The Hall–Kier alpha value is -0.360. The number of fused-ring (bicyclic) bond motifs is 5. The maximum absolute atomic E-state index is 12.7. The second-order valence-electron chi connectivity index (χ2n) is 14.3. The molecule has 7 fully saturated rings. The van der Waals surface area contributed by atoms with Crippen LogP contribution in [0.1, 0.15) is 72.1 Å². The van der Waals surface area contributed by atoms with Crippen LogP contribution in [0.3, 0.4) is 0 Å². The van der Waals surface area contributed by atoms with Gasteiger partial charge in [0, 0.05) is 55.1 Å². The van der Waals surface area contributed by atoms with E-state index in [4.69, 9.17) is 4.74 Å². The Balaban J connectivity index is 1.39. The minimum atomic E-state index is -2.02. The van der Waals surface area contributed by atoms with E-state index < -0.39 is 63.3 Å². The monoisotopic (exact) mass is 509 g/mol. The van der Waals surface area contributed by atoms with Crippen molar-refractivity contribution in [3.63, 3.8) is 0 Å². The summed E-state index contributed by atoms with van der Waals surface area (Å²) < 4.78 is 6.52. The van der Waals surface area contributed by atoms with E-state index in [1.165, 1.54) is 0 Å². The highest BCUT2D eigenvalue weighted by Gasteiger charge is 2.88. The third-order valence-electron chi connectivity index (χ3n) is 13.1. The predicted octanol–water partition coefficient (Wildman–Crippen LogP) is -0.526. The molecule has 7 aliphatic rings. The third kappa shape index (κ3) is 2.27. The van der Waals surface area contributed by atoms with Crippen molar-refractivity contribution in [2.75, 3.05) is 13.1 Å². The summed E-state index contributed by atoms with van der Waals surface area (Å²) in [5, 5.41) is 83.2. The molecule has 7 N–H and O–H groups in total. The first kappa shape index (κ1) is 24.7. The number of rotatable bonds is 0. The minimum absolute atomic E-state index is 0.0208. The standard InChI is InChI=1S/C27H43NO8/c1-14-4-7-18-22(3,31)26(34)17(12-28(18)11-14)24(33)13-25-16(23(24,32)10-20(26)30)6-5-15-21(25,2)9-8-19(29)27(15,35)36-25/h14-20,29-35H,4-13H2,1-3H3/t14-,15-,16-,17-,18-,19+,20-,21-,22+,23+,24+,25-,26-,27?/m0/s1. The van der Waals surface area contributed by atoms with Crippen LogP contribution in [0.25, 0.3) is 0 Å². The first-order valence-corrected chi connectivity index (χ1v) is 14.0. The van der Waals surface area contributed by atoms with Crippen molar-refractivity contribution in [3.8, 4) is 0 Å². The van der Waals surface area contributed by atoms with Gasteiger partial charge >= 0.3 is 0 Å². The van der Waals surface area contributed by atoms with E-state index in [9.17, 15) is 35.7 Å². The second kappa shape index (κ2) is 6.67. The lowest BCUT2D eigenvalue weighted by Gasteiger charge is -2.68. The zero-order chi connectivity index (χ0) is 25.9. The summed E-state index contributed by atoms with van der Waals surface area (Å²) in [7, 11) is 0. The fourth-order valence-electron chi connectivity index (χ4n) is 11.3. The van der Waals surface area contributed by atoms with E-state index in [-0.39, 0.29) is 31.3 Å². The van der Waals surface area contributed by atoms with Gasteiger partial charge in [-0.25, -0.2) is 0 Å². The first-order chi connectivity index (χ1) is 16.6. The molecule has 3 heterocycles. The number of nitrogens with zero attached hydrogens (tertiary/aromatic N) is 1. The summed E-state index contributed by atoms with van der Waals surface area (Å²) in [5.74, 6) is -3.30. The van der Waals surface area contributed by atoms with Gasteiger partial charge < -0.3 is 40.5 Å². The molecule has 0 aromatic carbocycles. The van der Waals surface area contributed by atoms with Gasteiger partial charge in [0.2, 0.25) is 0 Å². The highest BCUT2D eigenvalue weighted by atomic mass is 16.7. The van der Waals surface area contributed by atoms with Gasteiger partial charge in [0.25, 0.3) is 0 Å². The number of aliphatic hydroxyl groups is 7. The molecule has 4 bridgehead atoms. The topological polar surface area (TPSA) is 154 Å². The Morgan fingerprint density at radius 1 is 0.778 bits per heavy atom. The summed E-state index contributed by atoms with van der Waals surface area (Å²) in [4.78, 5) is 2.12. The van der Waals surface area contributed by atoms with Crippen molar-refractivity contribution in [2.45, 2.75) is 124 Å². The maximum Gasteiger partial charge on any atom is 0.196 e. The molecule has 1 spiro atoms. The Morgan fingerprint density at radius 3 is 2.19 bits per heavy atom. The Morgan fingerprint density at radius 2 is 1.47 bits per heavy atom. The largest absolute Gasteiger partial charge is 0.390 e. The lowest BCUT2D eigenvalue weighted by atomic mass is 9.49. The first-order valence-electron chi connectivity index (χ1n) is 14.0. The number of ether oxygens (including phenoxy) is 1. The van der Waals surface area contributed by atoms with Gasteiger partial charge in [0.15, 0.2) is 5.79 Å². The molecule has 9 heteroatoms. The summed E-state index contributed by atoms with van der Waals surface area (Å²) in [5.41, 5.74) is -9.07. The highest BCUT2D eigenvalue weighted by Crippen LogP contribution is 2.78. The van der Waals surface area contributed by atoms with Crippen molar-refractivity contribution in [1.29, 1.82) is 0 Å². The van der Waals surface area contributed by atoms with Crippen molar-refractivity contribution in [1.82, 2.24) is 4.90 Å². The normalized spacial score (nSPS) is 68.0. The zero-order valence-corrected chi connectivity index (χ0v) is 21.6. The lowest BCUT2D eigenvalue weighted by Crippen LogP contribution is -2.85.